The van der Waals surface area contributed by atoms with E-state index in [2.05, 4.69) is 165 Å². The Hall–Kier alpha value is -7.68. The van der Waals surface area contributed by atoms with Gasteiger partial charge in [-0.3, -0.25) is 4.79 Å². The first-order valence-electron chi connectivity index (χ1n) is 27.5. The van der Waals surface area contributed by atoms with Gasteiger partial charge in [0.05, 0.1) is 50.1 Å². The largest absolute Gasteiger partial charge is 0.455 e. The molecule has 0 N–H and O–H groups in total. The molecule has 5 nitrogen and oxygen atoms in total. The summed E-state index contributed by atoms with van der Waals surface area (Å²) in [6, 6.07) is 37.5. The van der Waals surface area contributed by atoms with Gasteiger partial charge in [-0.1, -0.05) is 93.1 Å². The molecule has 0 radical (unpaired) electrons. The predicted octanol–water partition coefficient (Wildman–Crippen LogP) is 18.3. The van der Waals surface area contributed by atoms with Crippen LogP contribution in [0.3, 0.4) is 0 Å². The van der Waals surface area contributed by atoms with Crippen LogP contribution < -0.4 is 0 Å². The Bertz CT molecular complexity index is 4710. The molecule has 358 valence electrons. The summed E-state index contributed by atoms with van der Waals surface area (Å²) in [6.07, 6.45) is 17.9. The highest BCUT2D eigenvalue weighted by molar-refractivity contribution is 6.36. The summed E-state index contributed by atoms with van der Waals surface area (Å²) in [5.74, 6) is 1.80. The number of nitrogens with zero attached hydrogens (tertiary/aromatic N) is 3. The van der Waals surface area contributed by atoms with Crippen molar-refractivity contribution in [2.24, 2.45) is 5.92 Å². The molecule has 5 heterocycles. The summed E-state index contributed by atoms with van der Waals surface area (Å²) < 4.78 is 12.3. The molecule has 5 heteroatoms. The zero-order valence-electron chi connectivity index (χ0n) is 42.7. The number of carbonyl (C=O) groups is 1. The average molecular weight is 958 g/mol. The number of fused-ring (bicyclic) bond motifs is 22. The molecule has 7 aromatic carbocycles. The van der Waals surface area contributed by atoms with Gasteiger partial charge in [0.1, 0.15) is 11.2 Å². The molecule has 2 saturated carbocycles. The number of aromatic nitrogens is 2. The van der Waals surface area contributed by atoms with Crippen molar-refractivity contribution in [1.29, 1.82) is 5.26 Å². The number of rotatable bonds is 1. The van der Waals surface area contributed by atoms with Crippen molar-refractivity contribution >= 4 is 109 Å². The van der Waals surface area contributed by atoms with E-state index in [0.717, 1.165) is 91.6 Å². The smallest absolute Gasteiger partial charge is 0.166 e. The molecule has 0 amide bonds. The fourth-order valence-electron chi connectivity index (χ4n) is 16.3. The molecule has 7 aliphatic rings. The van der Waals surface area contributed by atoms with E-state index in [4.69, 9.17) is 4.42 Å². The van der Waals surface area contributed by atoms with Gasteiger partial charge in [-0.15, -0.1) is 0 Å². The number of carbonyl (C=O) groups excluding carboxylic acids is 1. The highest BCUT2D eigenvalue weighted by atomic mass is 16.3. The molecule has 0 spiro atoms. The van der Waals surface area contributed by atoms with Gasteiger partial charge in [0.2, 0.25) is 0 Å². The first-order valence-corrected chi connectivity index (χ1v) is 27.5. The van der Waals surface area contributed by atoms with Crippen molar-refractivity contribution in [1.82, 2.24) is 8.80 Å². The van der Waals surface area contributed by atoms with Crippen LogP contribution in [-0.4, -0.2) is 14.6 Å². The van der Waals surface area contributed by atoms with Crippen LogP contribution in [0.1, 0.15) is 165 Å². The van der Waals surface area contributed by atoms with Crippen molar-refractivity contribution in [3.8, 4) is 6.07 Å². The molecule has 1 atom stereocenters. The van der Waals surface area contributed by atoms with Crippen LogP contribution >= 0.6 is 0 Å². The normalized spacial score (nSPS) is 23.8. The first-order chi connectivity index (χ1) is 36.0. The van der Waals surface area contributed by atoms with E-state index >= 15 is 0 Å². The van der Waals surface area contributed by atoms with Crippen molar-refractivity contribution in [2.45, 2.75) is 115 Å². The van der Waals surface area contributed by atoms with Crippen LogP contribution in [0, 0.1) is 17.2 Å². The van der Waals surface area contributed by atoms with Gasteiger partial charge >= 0.3 is 0 Å². The van der Waals surface area contributed by atoms with Crippen LogP contribution in [0.2, 0.25) is 0 Å². The molecule has 1 unspecified atom stereocenters. The third-order valence-corrected chi connectivity index (χ3v) is 19.7. The predicted molar refractivity (Wildman–Crippen MR) is 304 cm³/mol. The molecule has 0 saturated heterocycles. The Kier molecular flexibility index (Phi) is 7.97. The SMILES string of the molecule is C\C1=C/C=C\C=C(/C)C(c2ccccc2)c2c(C#N)cc3c(c21)c1cc2c(c4c5cc6c(cc5n3c14)c1c3oc4cc(C(C)(C)C)ccc4c3cc3c4cc5c(cc4n6c31)C(=O)C1CCC5CC1)C1CCC2CC1. The Morgan fingerprint density at radius 3 is 2.00 bits per heavy atom. The molecule has 2 fully saturated rings. The van der Waals surface area contributed by atoms with Gasteiger partial charge in [0.15, 0.2) is 5.78 Å². The van der Waals surface area contributed by atoms with E-state index in [0.29, 0.717) is 23.5 Å². The Balaban J connectivity index is 1.08. The maximum Gasteiger partial charge on any atom is 0.166 e. The summed E-state index contributed by atoms with van der Waals surface area (Å²) in [5.41, 5.74) is 21.9. The number of nitriles is 1. The molecule has 5 aromatic heterocycles. The zero-order chi connectivity index (χ0) is 49.4. The Morgan fingerprint density at radius 1 is 0.581 bits per heavy atom. The number of benzene rings is 7. The first kappa shape index (κ1) is 41.8. The third-order valence-electron chi connectivity index (χ3n) is 19.7. The molecule has 0 aliphatic heterocycles. The highest BCUT2D eigenvalue weighted by Gasteiger charge is 2.40. The second kappa shape index (κ2) is 14.1. The number of furan rings is 1. The van der Waals surface area contributed by atoms with Crippen molar-refractivity contribution in [3.63, 3.8) is 0 Å². The molecule has 12 aromatic rings. The highest BCUT2D eigenvalue weighted by Crippen LogP contribution is 2.58. The van der Waals surface area contributed by atoms with Gasteiger partial charge in [0.25, 0.3) is 0 Å². The number of Topliss-reactive ketones (excluding diaryl/α,β-unsaturated/α-hetero) is 1. The fourth-order valence-corrected chi connectivity index (χ4v) is 16.3. The van der Waals surface area contributed by atoms with Crippen LogP contribution in [-0.2, 0) is 5.41 Å². The number of ketones is 1. The van der Waals surface area contributed by atoms with E-state index in [1.165, 1.54) is 114 Å². The van der Waals surface area contributed by atoms with Gasteiger partial charge < -0.3 is 13.2 Å². The standard InChI is InChI=1S/C69H55N3O2/c1-34-11-9-10-12-35(2)59-61(58(34)38-13-7-6-8-14-38)41(33-70)25-56-62(59)52-28-45-37-15-19-39(20-16-37)60(45)63-50-31-55-51(32-54(50)72(56)66(52)63)64-65-47(29-49-43-24-23-42(69(3,4)5)26-57(43)74-68(49)64)46-27-44-36-17-21-40(22-18-36)67(73)48(44)30-53(46)71(55)65/h6-14,23-32,36-37,39-40,58H,15-22H2,1-5H3/b10-9-,34-11+,35-12+. The quantitative estimate of drug-likeness (QED) is 0.165. The molecule has 4 bridgehead atoms. The number of allylic oxidation sites excluding steroid dienone is 6. The summed E-state index contributed by atoms with van der Waals surface area (Å²) in [7, 11) is 0. The second-order valence-electron chi connectivity index (χ2n) is 24.4. The summed E-state index contributed by atoms with van der Waals surface area (Å²) in [6.45, 7) is 11.3. The zero-order valence-corrected chi connectivity index (χ0v) is 42.7. The van der Waals surface area contributed by atoms with E-state index in [1.807, 2.05) is 0 Å². The minimum absolute atomic E-state index is 0.0348. The van der Waals surface area contributed by atoms with Crippen LogP contribution in [0.4, 0.5) is 0 Å². The lowest BCUT2D eigenvalue weighted by atomic mass is 9.65. The van der Waals surface area contributed by atoms with Crippen LogP contribution in [0.5, 0.6) is 0 Å². The van der Waals surface area contributed by atoms with Gasteiger partial charge in [-0.2, -0.15) is 5.26 Å². The van der Waals surface area contributed by atoms with Crippen molar-refractivity contribution < 1.29 is 9.21 Å². The number of hydrogen-bond acceptors (Lipinski definition) is 3. The van der Waals surface area contributed by atoms with Crippen molar-refractivity contribution in [2.75, 3.05) is 0 Å². The molecular weight excluding hydrogens is 903 g/mol. The van der Waals surface area contributed by atoms with Crippen molar-refractivity contribution in [3.05, 3.63) is 171 Å². The maximum atomic E-state index is 14.5. The van der Waals surface area contributed by atoms with Gasteiger partial charge in [-0.25, -0.2) is 0 Å². The number of hydrogen-bond donors (Lipinski definition) is 0. The van der Waals surface area contributed by atoms with Gasteiger partial charge in [0, 0.05) is 65.9 Å². The minimum atomic E-state index is -0.0995. The van der Waals surface area contributed by atoms with E-state index in [9.17, 15) is 10.1 Å². The average Bonchev–Trinajstić information content (AvgIpc) is 4.32. The molecule has 19 rings (SSSR count). The lowest BCUT2D eigenvalue weighted by Gasteiger charge is -2.39. The van der Waals surface area contributed by atoms with Gasteiger partial charge in [-0.05, 0) is 181 Å². The molecule has 74 heavy (non-hydrogen) atoms. The molecular formula is C69H55N3O2. The monoisotopic (exact) mass is 957 g/mol. The molecule has 7 aliphatic carbocycles. The summed E-state index contributed by atoms with van der Waals surface area (Å²) in [5, 5.41) is 23.7. The van der Waals surface area contributed by atoms with E-state index in [-0.39, 0.29) is 17.3 Å². The summed E-state index contributed by atoms with van der Waals surface area (Å²) >= 11 is 0. The minimum Gasteiger partial charge on any atom is -0.455 e. The van der Waals surface area contributed by atoms with E-state index < -0.39 is 0 Å². The fraction of sp³-hybridized carbons (Fsp3) is 0.275. The third kappa shape index (κ3) is 5.12. The lowest BCUT2D eigenvalue weighted by molar-refractivity contribution is 0.0898. The Labute approximate surface area is 428 Å². The topological polar surface area (TPSA) is 62.8 Å². The van der Waals surface area contributed by atoms with Crippen LogP contribution in [0.25, 0.3) is 104 Å². The van der Waals surface area contributed by atoms with E-state index in [1.54, 1.807) is 5.56 Å². The second-order valence-corrected chi connectivity index (χ2v) is 24.4. The maximum absolute atomic E-state index is 14.5. The Morgan fingerprint density at radius 2 is 1.24 bits per heavy atom. The van der Waals surface area contributed by atoms with Crippen LogP contribution in [0.15, 0.2) is 125 Å². The summed E-state index contributed by atoms with van der Waals surface area (Å²) in [4.78, 5) is 14.5. The lowest BCUT2D eigenvalue weighted by Crippen LogP contribution is -2.21.